The van der Waals surface area contributed by atoms with E-state index in [4.69, 9.17) is 4.74 Å². The summed E-state index contributed by atoms with van der Waals surface area (Å²) in [6, 6.07) is 9.28. The SMILES string of the molecule is COc1ccc(-c2ccc(C=O)c(F)c2)cc1C=O. The summed E-state index contributed by atoms with van der Waals surface area (Å²) in [6.45, 7) is 0. The highest BCUT2D eigenvalue weighted by Crippen LogP contribution is 2.26. The zero-order chi connectivity index (χ0) is 13.8. The monoisotopic (exact) mass is 258 g/mol. The maximum atomic E-state index is 13.5. The van der Waals surface area contributed by atoms with Crippen LogP contribution in [0.1, 0.15) is 20.7 Å². The Morgan fingerprint density at radius 1 is 0.947 bits per heavy atom. The van der Waals surface area contributed by atoms with Crippen LogP contribution in [0.2, 0.25) is 0 Å². The molecule has 0 N–H and O–H groups in total. The van der Waals surface area contributed by atoms with Crippen molar-refractivity contribution in [3.05, 3.63) is 53.3 Å². The largest absolute Gasteiger partial charge is 0.496 e. The molecule has 0 radical (unpaired) electrons. The predicted molar refractivity (Wildman–Crippen MR) is 69.2 cm³/mol. The summed E-state index contributed by atoms with van der Waals surface area (Å²) >= 11 is 0. The van der Waals surface area contributed by atoms with Crippen LogP contribution in [0.5, 0.6) is 5.75 Å². The fourth-order valence-corrected chi connectivity index (χ4v) is 1.81. The van der Waals surface area contributed by atoms with Gasteiger partial charge in [-0.25, -0.2) is 4.39 Å². The Morgan fingerprint density at radius 2 is 1.58 bits per heavy atom. The molecular weight excluding hydrogens is 247 g/mol. The van der Waals surface area contributed by atoms with Gasteiger partial charge in [0, 0.05) is 0 Å². The van der Waals surface area contributed by atoms with Crippen molar-refractivity contribution in [3.8, 4) is 16.9 Å². The van der Waals surface area contributed by atoms with Crippen molar-refractivity contribution in [2.24, 2.45) is 0 Å². The van der Waals surface area contributed by atoms with Gasteiger partial charge in [0.15, 0.2) is 12.6 Å². The molecule has 0 spiro atoms. The van der Waals surface area contributed by atoms with Crippen molar-refractivity contribution < 1.29 is 18.7 Å². The molecule has 96 valence electrons. The zero-order valence-electron chi connectivity index (χ0n) is 10.2. The lowest BCUT2D eigenvalue weighted by Gasteiger charge is -2.07. The van der Waals surface area contributed by atoms with E-state index in [1.165, 1.54) is 19.2 Å². The van der Waals surface area contributed by atoms with Gasteiger partial charge in [-0.1, -0.05) is 12.1 Å². The van der Waals surface area contributed by atoms with Gasteiger partial charge in [0.05, 0.1) is 18.2 Å². The Kier molecular flexibility index (Phi) is 3.71. The van der Waals surface area contributed by atoms with Gasteiger partial charge in [0.2, 0.25) is 0 Å². The first-order valence-corrected chi connectivity index (χ1v) is 5.58. The van der Waals surface area contributed by atoms with Crippen molar-refractivity contribution in [2.75, 3.05) is 7.11 Å². The van der Waals surface area contributed by atoms with Crippen molar-refractivity contribution in [1.29, 1.82) is 0 Å². The Balaban J connectivity index is 2.50. The van der Waals surface area contributed by atoms with E-state index >= 15 is 0 Å². The number of rotatable bonds is 4. The topological polar surface area (TPSA) is 43.4 Å². The molecule has 2 aromatic carbocycles. The minimum atomic E-state index is -0.587. The van der Waals surface area contributed by atoms with Crippen LogP contribution in [-0.2, 0) is 0 Å². The molecule has 4 heteroatoms. The molecular formula is C15H11FO3. The molecule has 0 heterocycles. The third-order valence-electron chi connectivity index (χ3n) is 2.82. The number of aldehydes is 2. The second-order valence-electron chi connectivity index (χ2n) is 3.93. The molecule has 0 aromatic heterocycles. The van der Waals surface area contributed by atoms with Crippen LogP contribution in [0, 0.1) is 5.82 Å². The first-order chi connectivity index (χ1) is 9.19. The summed E-state index contributed by atoms with van der Waals surface area (Å²) in [5.74, 6) is -0.125. The molecule has 2 aromatic rings. The van der Waals surface area contributed by atoms with E-state index in [1.54, 1.807) is 24.3 Å². The fraction of sp³-hybridized carbons (Fsp3) is 0.0667. The van der Waals surface area contributed by atoms with Gasteiger partial charge < -0.3 is 4.74 Å². The minimum absolute atomic E-state index is 0.00729. The summed E-state index contributed by atoms with van der Waals surface area (Å²) in [5, 5.41) is 0. The normalized spacial score (nSPS) is 10.0. The standard InChI is InChI=1S/C15H11FO3/c1-19-15-5-4-10(6-13(15)9-18)11-2-3-12(8-17)14(16)7-11/h2-9H,1H3. The number of benzene rings is 2. The maximum Gasteiger partial charge on any atom is 0.153 e. The lowest BCUT2D eigenvalue weighted by Crippen LogP contribution is -1.92. The van der Waals surface area contributed by atoms with Crippen molar-refractivity contribution in [1.82, 2.24) is 0 Å². The van der Waals surface area contributed by atoms with Crippen LogP contribution < -0.4 is 4.74 Å². The fourth-order valence-electron chi connectivity index (χ4n) is 1.81. The second kappa shape index (κ2) is 5.44. The highest BCUT2D eigenvalue weighted by molar-refractivity contribution is 5.83. The Hall–Kier alpha value is -2.49. The van der Waals surface area contributed by atoms with Gasteiger partial charge in [-0.3, -0.25) is 9.59 Å². The molecule has 0 fully saturated rings. The van der Waals surface area contributed by atoms with E-state index in [9.17, 15) is 14.0 Å². The van der Waals surface area contributed by atoms with E-state index in [0.717, 1.165) is 0 Å². The number of carbonyl (C=O) groups is 2. The number of methoxy groups -OCH3 is 1. The summed E-state index contributed by atoms with van der Waals surface area (Å²) in [6.07, 6.45) is 1.14. The Morgan fingerprint density at radius 3 is 2.16 bits per heavy atom. The van der Waals surface area contributed by atoms with Crippen molar-refractivity contribution in [2.45, 2.75) is 0 Å². The molecule has 0 atom stereocenters. The van der Waals surface area contributed by atoms with Crippen molar-refractivity contribution >= 4 is 12.6 Å². The minimum Gasteiger partial charge on any atom is -0.496 e. The lowest BCUT2D eigenvalue weighted by atomic mass is 10.0. The second-order valence-corrected chi connectivity index (χ2v) is 3.93. The van der Waals surface area contributed by atoms with Gasteiger partial charge >= 0.3 is 0 Å². The smallest absolute Gasteiger partial charge is 0.153 e. The number of hydrogen-bond acceptors (Lipinski definition) is 3. The van der Waals surface area contributed by atoms with Gasteiger partial charge in [0.1, 0.15) is 11.6 Å². The van der Waals surface area contributed by atoms with Crippen LogP contribution in [0.25, 0.3) is 11.1 Å². The predicted octanol–water partition coefficient (Wildman–Crippen LogP) is 3.13. The lowest BCUT2D eigenvalue weighted by molar-refractivity contribution is 0.111. The van der Waals surface area contributed by atoms with E-state index in [1.807, 2.05) is 0 Å². The van der Waals surface area contributed by atoms with Gasteiger partial charge in [-0.15, -0.1) is 0 Å². The number of hydrogen-bond donors (Lipinski definition) is 0. The maximum absolute atomic E-state index is 13.5. The first-order valence-electron chi connectivity index (χ1n) is 5.58. The van der Waals surface area contributed by atoms with E-state index in [0.29, 0.717) is 35.0 Å². The van der Waals surface area contributed by atoms with Gasteiger partial charge in [-0.2, -0.15) is 0 Å². The molecule has 0 saturated heterocycles. The van der Waals surface area contributed by atoms with Crippen molar-refractivity contribution in [3.63, 3.8) is 0 Å². The van der Waals surface area contributed by atoms with E-state index < -0.39 is 5.82 Å². The molecule has 0 saturated carbocycles. The number of ether oxygens (including phenoxy) is 1. The van der Waals surface area contributed by atoms with Gasteiger partial charge in [0.25, 0.3) is 0 Å². The quantitative estimate of drug-likeness (QED) is 0.791. The molecule has 0 unspecified atom stereocenters. The van der Waals surface area contributed by atoms with Crippen LogP contribution in [0.15, 0.2) is 36.4 Å². The molecule has 3 nitrogen and oxygen atoms in total. The molecule has 0 aliphatic rings. The highest BCUT2D eigenvalue weighted by Gasteiger charge is 2.07. The third-order valence-corrected chi connectivity index (χ3v) is 2.82. The molecule has 2 rings (SSSR count). The van der Waals surface area contributed by atoms with Crippen LogP contribution in [0.3, 0.4) is 0 Å². The van der Waals surface area contributed by atoms with Crippen LogP contribution in [0.4, 0.5) is 4.39 Å². The van der Waals surface area contributed by atoms with Gasteiger partial charge in [-0.05, 0) is 35.4 Å². The Bertz CT molecular complexity index is 635. The Labute approximate surface area is 109 Å². The average molecular weight is 258 g/mol. The molecule has 0 bridgehead atoms. The number of halogens is 1. The summed E-state index contributed by atoms with van der Waals surface area (Å²) < 4.78 is 18.6. The molecule has 0 amide bonds. The highest BCUT2D eigenvalue weighted by atomic mass is 19.1. The summed E-state index contributed by atoms with van der Waals surface area (Å²) in [5.41, 5.74) is 1.67. The molecule has 19 heavy (non-hydrogen) atoms. The molecule has 0 aliphatic carbocycles. The van der Waals surface area contributed by atoms with Crippen LogP contribution >= 0.6 is 0 Å². The zero-order valence-corrected chi connectivity index (χ0v) is 10.2. The van der Waals surface area contributed by atoms with E-state index in [-0.39, 0.29) is 5.56 Å². The summed E-state index contributed by atoms with van der Waals surface area (Å²) in [7, 11) is 1.47. The summed E-state index contributed by atoms with van der Waals surface area (Å²) in [4.78, 5) is 21.5. The van der Waals surface area contributed by atoms with Crippen LogP contribution in [-0.4, -0.2) is 19.7 Å². The molecule has 0 aliphatic heterocycles. The first kappa shape index (κ1) is 13.0. The van der Waals surface area contributed by atoms with E-state index in [2.05, 4.69) is 0 Å². The average Bonchev–Trinajstić information content (AvgIpc) is 2.46. The number of carbonyl (C=O) groups excluding carboxylic acids is 2. The third kappa shape index (κ3) is 2.52.